The van der Waals surface area contributed by atoms with Crippen molar-refractivity contribution in [3.05, 3.63) is 71.3 Å². The van der Waals surface area contributed by atoms with E-state index >= 15 is 0 Å². The standard InChI is InChI=1S/C19H22F2N2O/c1-13(8-9-15-6-4-3-5-7-15)22-19(24)23-14(2)16-10-11-17(20)18(21)12-16/h3-7,10-14H,8-9H2,1-2H3,(H2,22,23,24)/t13-,14+/m0/s1. The first kappa shape index (κ1) is 17.9. The van der Waals surface area contributed by atoms with Crippen molar-refractivity contribution < 1.29 is 13.6 Å². The van der Waals surface area contributed by atoms with Gasteiger partial charge in [0, 0.05) is 6.04 Å². The van der Waals surface area contributed by atoms with E-state index in [2.05, 4.69) is 22.8 Å². The minimum absolute atomic E-state index is 0.00219. The zero-order valence-electron chi connectivity index (χ0n) is 13.9. The Morgan fingerprint density at radius 1 is 1.00 bits per heavy atom. The molecule has 24 heavy (non-hydrogen) atoms. The van der Waals surface area contributed by atoms with Crippen LogP contribution in [0.5, 0.6) is 0 Å². The monoisotopic (exact) mass is 332 g/mol. The molecule has 3 nitrogen and oxygen atoms in total. The quantitative estimate of drug-likeness (QED) is 0.811. The number of aryl methyl sites for hydroxylation is 1. The molecule has 0 aliphatic heterocycles. The normalized spacial score (nSPS) is 13.2. The van der Waals surface area contributed by atoms with Crippen molar-refractivity contribution in [2.24, 2.45) is 0 Å². The molecule has 2 atom stereocenters. The third-order valence-electron chi connectivity index (χ3n) is 3.88. The number of carbonyl (C=O) groups is 1. The van der Waals surface area contributed by atoms with E-state index in [1.165, 1.54) is 11.6 Å². The van der Waals surface area contributed by atoms with Crippen LogP contribution >= 0.6 is 0 Å². The number of benzene rings is 2. The van der Waals surface area contributed by atoms with Crippen molar-refractivity contribution in [2.75, 3.05) is 0 Å². The zero-order chi connectivity index (χ0) is 17.5. The molecule has 2 aromatic rings. The third-order valence-corrected chi connectivity index (χ3v) is 3.88. The Kier molecular flexibility index (Phi) is 6.29. The number of halogens is 2. The Balaban J connectivity index is 1.80. The molecule has 2 amide bonds. The summed E-state index contributed by atoms with van der Waals surface area (Å²) in [4.78, 5) is 12.0. The number of hydrogen-bond acceptors (Lipinski definition) is 1. The summed E-state index contributed by atoms with van der Waals surface area (Å²) < 4.78 is 26.2. The largest absolute Gasteiger partial charge is 0.336 e. The molecule has 2 aromatic carbocycles. The lowest BCUT2D eigenvalue weighted by atomic mass is 10.1. The number of hydrogen-bond donors (Lipinski definition) is 2. The van der Waals surface area contributed by atoms with Gasteiger partial charge in [0.2, 0.25) is 0 Å². The maximum Gasteiger partial charge on any atom is 0.315 e. The molecule has 0 radical (unpaired) electrons. The predicted octanol–water partition coefficient (Wildman–Crippen LogP) is 4.35. The van der Waals surface area contributed by atoms with E-state index in [-0.39, 0.29) is 12.1 Å². The van der Waals surface area contributed by atoms with Crippen molar-refractivity contribution in [2.45, 2.75) is 38.8 Å². The lowest BCUT2D eigenvalue weighted by molar-refractivity contribution is 0.234. The SMILES string of the molecule is C[C@@H](CCc1ccccc1)NC(=O)N[C@H](C)c1ccc(F)c(F)c1. The lowest BCUT2D eigenvalue weighted by Gasteiger charge is -2.18. The van der Waals surface area contributed by atoms with E-state index in [9.17, 15) is 13.6 Å². The van der Waals surface area contributed by atoms with Gasteiger partial charge in [-0.2, -0.15) is 0 Å². The molecule has 0 unspecified atom stereocenters. The van der Waals surface area contributed by atoms with E-state index < -0.39 is 17.7 Å². The van der Waals surface area contributed by atoms with Gasteiger partial charge in [-0.3, -0.25) is 0 Å². The fourth-order valence-electron chi connectivity index (χ4n) is 2.43. The van der Waals surface area contributed by atoms with Crippen LogP contribution in [0.4, 0.5) is 13.6 Å². The van der Waals surface area contributed by atoms with Gasteiger partial charge >= 0.3 is 6.03 Å². The molecule has 128 valence electrons. The molecule has 0 bridgehead atoms. The maximum atomic E-state index is 13.2. The highest BCUT2D eigenvalue weighted by atomic mass is 19.2. The first-order chi connectivity index (χ1) is 11.5. The molecular formula is C19H22F2N2O. The van der Waals surface area contributed by atoms with Crippen LogP contribution in [0.25, 0.3) is 0 Å². The van der Waals surface area contributed by atoms with Crippen molar-refractivity contribution in [1.82, 2.24) is 10.6 Å². The highest BCUT2D eigenvalue weighted by Gasteiger charge is 2.13. The fourth-order valence-corrected chi connectivity index (χ4v) is 2.43. The summed E-state index contributed by atoms with van der Waals surface area (Å²) >= 11 is 0. The van der Waals surface area contributed by atoms with Gasteiger partial charge in [-0.05, 0) is 49.9 Å². The Labute approximate surface area is 141 Å². The summed E-state index contributed by atoms with van der Waals surface area (Å²) in [5.74, 6) is -1.82. The summed E-state index contributed by atoms with van der Waals surface area (Å²) in [5, 5.41) is 5.59. The second-order valence-electron chi connectivity index (χ2n) is 5.94. The molecule has 0 saturated carbocycles. The highest BCUT2D eigenvalue weighted by Crippen LogP contribution is 2.15. The minimum atomic E-state index is -0.919. The second-order valence-corrected chi connectivity index (χ2v) is 5.94. The van der Waals surface area contributed by atoms with Crippen LogP contribution in [-0.4, -0.2) is 12.1 Å². The molecule has 0 aliphatic carbocycles. The Bertz CT molecular complexity index is 676. The lowest BCUT2D eigenvalue weighted by Crippen LogP contribution is -2.41. The number of urea groups is 1. The molecule has 5 heteroatoms. The molecule has 2 rings (SSSR count). The van der Waals surface area contributed by atoms with Crippen molar-refractivity contribution in [3.63, 3.8) is 0 Å². The van der Waals surface area contributed by atoms with E-state index in [0.29, 0.717) is 5.56 Å². The molecule has 0 fully saturated rings. The summed E-state index contributed by atoms with van der Waals surface area (Å²) in [6, 6.07) is 12.9. The van der Waals surface area contributed by atoms with Crippen LogP contribution in [0.3, 0.4) is 0 Å². The number of carbonyl (C=O) groups excluding carboxylic acids is 1. The van der Waals surface area contributed by atoms with Gasteiger partial charge in [-0.1, -0.05) is 36.4 Å². The van der Waals surface area contributed by atoms with Crippen LogP contribution in [0, 0.1) is 11.6 Å². The van der Waals surface area contributed by atoms with Gasteiger partial charge < -0.3 is 10.6 Å². The van der Waals surface area contributed by atoms with Gasteiger partial charge in [0.15, 0.2) is 11.6 Å². The van der Waals surface area contributed by atoms with E-state index in [1.807, 2.05) is 25.1 Å². The molecule has 0 saturated heterocycles. The molecule has 2 N–H and O–H groups in total. The predicted molar refractivity (Wildman–Crippen MR) is 90.7 cm³/mol. The van der Waals surface area contributed by atoms with Crippen LogP contribution in [0.2, 0.25) is 0 Å². The molecule has 0 spiro atoms. The Morgan fingerprint density at radius 2 is 1.71 bits per heavy atom. The van der Waals surface area contributed by atoms with E-state index in [1.54, 1.807) is 6.92 Å². The first-order valence-electron chi connectivity index (χ1n) is 8.01. The minimum Gasteiger partial charge on any atom is -0.336 e. The smallest absolute Gasteiger partial charge is 0.315 e. The molecule has 0 heterocycles. The third kappa shape index (κ3) is 5.33. The average Bonchev–Trinajstić information content (AvgIpc) is 2.56. The van der Waals surface area contributed by atoms with Gasteiger partial charge in [0.05, 0.1) is 6.04 Å². The van der Waals surface area contributed by atoms with Crippen LogP contribution in [-0.2, 0) is 6.42 Å². The van der Waals surface area contributed by atoms with Crippen molar-refractivity contribution in [1.29, 1.82) is 0 Å². The number of nitrogens with one attached hydrogen (secondary N) is 2. The summed E-state index contributed by atoms with van der Waals surface area (Å²) in [5.41, 5.74) is 1.74. The second kappa shape index (κ2) is 8.43. The fraction of sp³-hybridized carbons (Fsp3) is 0.316. The van der Waals surface area contributed by atoms with Crippen molar-refractivity contribution in [3.8, 4) is 0 Å². The van der Waals surface area contributed by atoms with E-state index in [4.69, 9.17) is 0 Å². The first-order valence-corrected chi connectivity index (χ1v) is 8.01. The molecular weight excluding hydrogens is 310 g/mol. The number of amides is 2. The maximum absolute atomic E-state index is 13.2. The zero-order valence-corrected chi connectivity index (χ0v) is 13.9. The van der Waals surface area contributed by atoms with Crippen LogP contribution < -0.4 is 10.6 Å². The van der Waals surface area contributed by atoms with Gasteiger partial charge in [-0.25, -0.2) is 13.6 Å². The van der Waals surface area contributed by atoms with Gasteiger partial charge in [-0.15, -0.1) is 0 Å². The summed E-state index contributed by atoms with van der Waals surface area (Å²) in [6.45, 7) is 3.66. The van der Waals surface area contributed by atoms with Crippen molar-refractivity contribution >= 4 is 6.03 Å². The van der Waals surface area contributed by atoms with Gasteiger partial charge in [0.25, 0.3) is 0 Å². The highest BCUT2D eigenvalue weighted by molar-refractivity contribution is 5.74. The molecule has 0 aromatic heterocycles. The Hall–Kier alpha value is -2.43. The molecule has 0 aliphatic rings. The van der Waals surface area contributed by atoms with Crippen LogP contribution in [0.15, 0.2) is 48.5 Å². The van der Waals surface area contributed by atoms with E-state index in [0.717, 1.165) is 25.0 Å². The topological polar surface area (TPSA) is 41.1 Å². The number of rotatable bonds is 6. The average molecular weight is 332 g/mol. The van der Waals surface area contributed by atoms with Gasteiger partial charge in [0.1, 0.15) is 0 Å². The summed E-state index contributed by atoms with van der Waals surface area (Å²) in [7, 11) is 0. The Morgan fingerprint density at radius 3 is 2.38 bits per heavy atom. The van der Waals surface area contributed by atoms with Crippen LogP contribution in [0.1, 0.15) is 37.4 Å². The summed E-state index contributed by atoms with van der Waals surface area (Å²) in [6.07, 6.45) is 1.69.